The van der Waals surface area contributed by atoms with E-state index < -0.39 is 5.97 Å². The minimum atomic E-state index is -0.918. The van der Waals surface area contributed by atoms with Crippen LogP contribution in [0.3, 0.4) is 0 Å². The molecule has 5 nitrogen and oxygen atoms in total. The largest absolute Gasteiger partial charge is 0.481 e. The zero-order chi connectivity index (χ0) is 13.8. The van der Waals surface area contributed by atoms with Crippen molar-refractivity contribution in [2.24, 2.45) is 0 Å². The fourth-order valence-electron chi connectivity index (χ4n) is 2.04. The number of aliphatic carboxylic acids is 1. The van der Waals surface area contributed by atoms with Crippen LogP contribution in [0.25, 0.3) is 0 Å². The van der Waals surface area contributed by atoms with Crippen LogP contribution in [-0.4, -0.2) is 35.1 Å². The van der Waals surface area contributed by atoms with Gasteiger partial charge < -0.3 is 15.3 Å². The van der Waals surface area contributed by atoms with E-state index in [1.807, 2.05) is 12.1 Å². The standard InChI is InChI=1S/C13H15ClN2O3/c14-10-3-1-9(2-4-10)11-6-8-16(11)13(19)15-7-5-12(17)18/h1-4,11H,5-8H2,(H,15,19)(H,17,18). The predicted octanol–water partition coefficient (Wildman–Crippen LogP) is 2.27. The van der Waals surface area contributed by atoms with E-state index in [1.165, 1.54) is 0 Å². The number of nitrogens with one attached hydrogen (secondary N) is 1. The van der Waals surface area contributed by atoms with Gasteiger partial charge in [0.05, 0.1) is 12.5 Å². The van der Waals surface area contributed by atoms with Crippen molar-refractivity contribution in [3.8, 4) is 0 Å². The number of urea groups is 1. The molecule has 0 bridgehead atoms. The van der Waals surface area contributed by atoms with E-state index in [2.05, 4.69) is 5.32 Å². The molecular formula is C13H15ClN2O3. The lowest BCUT2D eigenvalue weighted by Crippen LogP contribution is -2.50. The summed E-state index contributed by atoms with van der Waals surface area (Å²) in [5, 5.41) is 11.8. The molecule has 2 N–H and O–H groups in total. The molecule has 0 aromatic heterocycles. The molecule has 1 heterocycles. The van der Waals surface area contributed by atoms with Crippen LogP contribution in [0.2, 0.25) is 5.02 Å². The van der Waals surface area contributed by atoms with Crippen LogP contribution < -0.4 is 5.32 Å². The van der Waals surface area contributed by atoms with E-state index in [0.717, 1.165) is 12.0 Å². The molecule has 2 rings (SSSR count). The summed E-state index contributed by atoms with van der Waals surface area (Å²) in [6, 6.07) is 7.26. The molecule has 1 saturated heterocycles. The highest BCUT2D eigenvalue weighted by Gasteiger charge is 2.33. The smallest absolute Gasteiger partial charge is 0.317 e. The molecule has 0 saturated carbocycles. The van der Waals surface area contributed by atoms with E-state index in [-0.39, 0.29) is 25.0 Å². The number of carboxylic acids is 1. The molecule has 1 aromatic carbocycles. The Hall–Kier alpha value is -1.75. The fraction of sp³-hybridized carbons (Fsp3) is 0.385. The first kappa shape index (κ1) is 13.7. The molecule has 19 heavy (non-hydrogen) atoms. The number of likely N-dealkylation sites (tertiary alicyclic amines) is 1. The molecule has 0 spiro atoms. The molecule has 1 atom stereocenters. The average molecular weight is 283 g/mol. The van der Waals surface area contributed by atoms with Gasteiger partial charge in [0.15, 0.2) is 0 Å². The number of amides is 2. The molecule has 6 heteroatoms. The molecule has 1 aliphatic heterocycles. The monoisotopic (exact) mass is 282 g/mol. The maximum absolute atomic E-state index is 11.9. The third-order valence-corrected chi connectivity index (χ3v) is 3.40. The Morgan fingerprint density at radius 2 is 2.05 bits per heavy atom. The van der Waals surface area contributed by atoms with Gasteiger partial charge in [0.2, 0.25) is 0 Å². The third kappa shape index (κ3) is 3.38. The lowest BCUT2D eigenvalue weighted by Gasteiger charge is -2.41. The Morgan fingerprint density at radius 3 is 2.58 bits per heavy atom. The molecule has 1 unspecified atom stereocenters. The van der Waals surface area contributed by atoms with Crippen molar-refractivity contribution < 1.29 is 14.7 Å². The number of halogens is 1. The van der Waals surface area contributed by atoms with Crippen molar-refractivity contribution >= 4 is 23.6 Å². The Bertz CT molecular complexity index is 475. The van der Waals surface area contributed by atoms with Gasteiger partial charge in [0.1, 0.15) is 0 Å². The summed E-state index contributed by atoms with van der Waals surface area (Å²) in [6.45, 7) is 0.838. The van der Waals surface area contributed by atoms with Gasteiger partial charge in [0.25, 0.3) is 0 Å². The van der Waals surface area contributed by atoms with Crippen molar-refractivity contribution in [1.29, 1.82) is 0 Å². The minimum absolute atomic E-state index is 0.0575. The lowest BCUT2D eigenvalue weighted by molar-refractivity contribution is -0.136. The van der Waals surface area contributed by atoms with E-state index in [1.54, 1.807) is 17.0 Å². The fourth-order valence-corrected chi connectivity index (χ4v) is 2.17. The molecule has 1 aromatic rings. The second-order valence-corrected chi connectivity index (χ2v) is 4.86. The number of carboxylic acid groups (broad SMARTS) is 1. The molecule has 0 aliphatic carbocycles. The Balaban J connectivity index is 1.89. The summed E-state index contributed by atoms with van der Waals surface area (Å²) in [6.07, 6.45) is 0.846. The van der Waals surface area contributed by atoms with Gasteiger partial charge in [-0.3, -0.25) is 4.79 Å². The summed E-state index contributed by atoms with van der Waals surface area (Å²) in [4.78, 5) is 23.9. The maximum Gasteiger partial charge on any atom is 0.317 e. The molecular weight excluding hydrogens is 268 g/mol. The first-order valence-electron chi connectivity index (χ1n) is 6.09. The molecule has 1 aliphatic rings. The minimum Gasteiger partial charge on any atom is -0.481 e. The van der Waals surface area contributed by atoms with Gasteiger partial charge in [-0.1, -0.05) is 23.7 Å². The van der Waals surface area contributed by atoms with E-state index in [0.29, 0.717) is 11.6 Å². The van der Waals surface area contributed by atoms with Crippen molar-refractivity contribution in [1.82, 2.24) is 10.2 Å². The first-order valence-corrected chi connectivity index (χ1v) is 6.47. The second kappa shape index (κ2) is 5.93. The van der Waals surface area contributed by atoms with Gasteiger partial charge in [-0.15, -0.1) is 0 Å². The summed E-state index contributed by atoms with van der Waals surface area (Å²) < 4.78 is 0. The van der Waals surface area contributed by atoms with Crippen molar-refractivity contribution in [3.05, 3.63) is 34.9 Å². The van der Waals surface area contributed by atoms with E-state index in [4.69, 9.17) is 16.7 Å². The zero-order valence-corrected chi connectivity index (χ0v) is 11.1. The van der Waals surface area contributed by atoms with Gasteiger partial charge in [-0.05, 0) is 24.1 Å². The molecule has 0 radical (unpaired) electrons. The van der Waals surface area contributed by atoms with Crippen LogP contribution in [0.15, 0.2) is 24.3 Å². The van der Waals surface area contributed by atoms with Crippen LogP contribution in [0.5, 0.6) is 0 Å². The quantitative estimate of drug-likeness (QED) is 0.890. The number of carbonyl (C=O) groups is 2. The van der Waals surface area contributed by atoms with Crippen molar-refractivity contribution in [3.63, 3.8) is 0 Å². The SMILES string of the molecule is O=C(O)CCNC(=O)N1CCC1c1ccc(Cl)cc1. The number of hydrogen-bond donors (Lipinski definition) is 2. The van der Waals surface area contributed by atoms with Crippen LogP contribution in [-0.2, 0) is 4.79 Å². The van der Waals surface area contributed by atoms with Crippen LogP contribution in [0.4, 0.5) is 4.79 Å². The summed E-state index contributed by atoms with van der Waals surface area (Å²) in [5.41, 5.74) is 1.05. The first-order chi connectivity index (χ1) is 9.08. The van der Waals surface area contributed by atoms with Crippen LogP contribution in [0.1, 0.15) is 24.4 Å². The normalized spacial score (nSPS) is 17.7. The number of hydrogen-bond acceptors (Lipinski definition) is 2. The van der Waals surface area contributed by atoms with Crippen molar-refractivity contribution in [2.75, 3.05) is 13.1 Å². The number of rotatable bonds is 4. The highest BCUT2D eigenvalue weighted by molar-refractivity contribution is 6.30. The molecule has 2 amide bonds. The van der Waals surface area contributed by atoms with Crippen LogP contribution in [0, 0.1) is 0 Å². The van der Waals surface area contributed by atoms with Gasteiger partial charge in [-0.2, -0.15) is 0 Å². The number of benzene rings is 1. The van der Waals surface area contributed by atoms with E-state index >= 15 is 0 Å². The van der Waals surface area contributed by atoms with Gasteiger partial charge >= 0.3 is 12.0 Å². The number of nitrogens with zero attached hydrogens (tertiary/aromatic N) is 1. The zero-order valence-electron chi connectivity index (χ0n) is 10.3. The Labute approximate surface area is 116 Å². The maximum atomic E-state index is 11.9. The average Bonchev–Trinajstić information content (AvgIpc) is 2.30. The van der Waals surface area contributed by atoms with E-state index in [9.17, 15) is 9.59 Å². The van der Waals surface area contributed by atoms with Crippen LogP contribution >= 0.6 is 11.6 Å². The predicted molar refractivity (Wildman–Crippen MR) is 71.2 cm³/mol. The summed E-state index contributed by atoms with van der Waals surface area (Å²) >= 11 is 5.83. The van der Waals surface area contributed by atoms with Gasteiger partial charge in [-0.25, -0.2) is 4.79 Å². The Morgan fingerprint density at radius 1 is 1.37 bits per heavy atom. The summed E-state index contributed by atoms with van der Waals surface area (Å²) in [7, 11) is 0. The summed E-state index contributed by atoms with van der Waals surface area (Å²) in [5.74, 6) is -0.918. The van der Waals surface area contributed by atoms with Gasteiger partial charge in [0, 0.05) is 18.1 Å². The molecule has 102 valence electrons. The van der Waals surface area contributed by atoms with Crippen molar-refractivity contribution in [2.45, 2.75) is 18.9 Å². The third-order valence-electron chi connectivity index (χ3n) is 3.15. The second-order valence-electron chi connectivity index (χ2n) is 4.43. The highest BCUT2D eigenvalue weighted by Crippen LogP contribution is 2.33. The topological polar surface area (TPSA) is 69.6 Å². The highest BCUT2D eigenvalue weighted by atomic mass is 35.5. The Kier molecular flexibility index (Phi) is 4.27. The molecule has 1 fully saturated rings. The lowest BCUT2D eigenvalue weighted by atomic mass is 9.95. The number of carbonyl (C=O) groups excluding carboxylic acids is 1.